The van der Waals surface area contributed by atoms with Crippen LogP contribution < -0.4 is 10.1 Å². The number of benzene rings is 2. The first-order chi connectivity index (χ1) is 10.7. The molecule has 0 heterocycles. The number of phenols is 1. The monoisotopic (exact) mass is 301 g/mol. The van der Waals surface area contributed by atoms with E-state index in [1.807, 2.05) is 31.2 Å². The third-order valence-corrected chi connectivity index (χ3v) is 3.31. The van der Waals surface area contributed by atoms with Gasteiger partial charge < -0.3 is 19.9 Å². The Kier molecular flexibility index (Phi) is 6.25. The molecule has 0 radical (unpaired) electrons. The van der Waals surface area contributed by atoms with Crippen LogP contribution in [-0.4, -0.2) is 38.5 Å². The zero-order chi connectivity index (χ0) is 15.8. The Morgan fingerprint density at radius 2 is 1.86 bits per heavy atom. The molecule has 0 saturated carbocycles. The van der Waals surface area contributed by atoms with E-state index in [0.29, 0.717) is 13.2 Å². The van der Waals surface area contributed by atoms with Gasteiger partial charge in [0.05, 0.1) is 6.61 Å². The van der Waals surface area contributed by atoms with Gasteiger partial charge in [0.25, 0.3) is 0 Å². The highest BCUT2D eigenvalue weighted by molar-refractivity contribution is 5.72. The van der Waals surface area contributed by atoms with Crippen LogP contribution in [0.3, 0.4) is 0 Å². The second-order valence-electron chi connectivity index (χ2n) is 5.14. The fraction of sp³-hybridized carbons (Fsp3) is 0.333. The highest BCUT2D eigenvalue weighted by Gasteiger charge is 2.07. The molecule has 4 heteroatoms. The minimum absolute atomic E-state index is 0.256. The predicted molar refractivity (Wildman–Crippen MR) is 88.5 cm³/mol. The van der Waals surface area contributed by atoms with Crippen LogP contribution in [0.25, 0.3) is 11.1 Å². The molecule has 0 saturated heterocycles. The van der Waals surface area contributed by atoms with E-state index < -0.39 is 0 Å². The van der Waals surface area contributed by atoms with Gasteiger partial charge in [-0.25, -0.2) is 0 Å². The predicted octanol–water partition coefficient (Wildman–Crippen LogP) is 2.98. The summed E-state index contributed by atoms with van der Waals surface area (Å²) in [6.45, 7) is 4.89. The molecule has 2 N–H and O–H groups in total. The molecular weight excluding hydrogens is 278 g/mol. The highest BCUT2D eigenvalue weighted by Crippen LogP contribution is 2.32. The van der Waals surface area contributed by atoms with Crippen LogP contribution in [0.2, 0.25) is 0 Å². The molecule has 0 bridgehead atoms. The first-order valence-corrected chi connectivity index (χ1v) is 7.43. The Hall–Kier alpha value is -2.04. The van der Waals surface area contributed by atoms with Gasteiger partial charge in [-0.15, -0.1) is 0 Å². The van der Waals surface area contributed by atoms with Crippen LogP contribution in [-0.2, 0) is 4.74 Å². The van der Waals surface area contributed by atoms with E-state index in [-0.39, 0.29) is 5.75 Å². The summed E-state index contributed by atoms with van der Waals surface area (Å²) in [5.74, 6) is 1.08. The quantitative estimate of drug-likeness (QED) is 0.736. The molecule has 0 aliphatic carbocycles. The standard InChI is InChI=1S/C18H23NO3/c1-14-6-7-18(22-11-9-19-8-10-21-2)17(12-14)15-4-3-5-16(20)13-15/h3-7,12-13,19-20H,8-11H2,1-2H3. The molecule has 2 aromatic carbocycles. The van der Waals surface area contributed by atoms with E-state index in [0.717, 1.165) is 35.5 Å². The third kappa shape index (κ3) is 4.76. The van der Waals surface area contributed by atoms with Crippen molar-refractivity contribution >= 4 is 0 Å². The van der Waals surface area contributed by atoms with Crippen LogP contribution in [0.15, 0.2) is 42.5 Å². The summed E-state index contributed by atoms with van der Waals surface area (Å²) in [4.78, 5) is 0. The number of aromatic hydroxyl groups is 1. The second-order valence-corrected chi connectivity index (χ2v) is 5.14. The molecule has 0 aliphatic heterocycles. The lowest BCUT2D eigenvalue weighted by atomic mass is 10.0. The van der Waals surface area contributed by atoms with Crippen molar-refractivity contribution in [2.45, 2.75) is 6.92 Å². The number of phenolic OH excluding ortho intramolecular Hbond substituents is 1. The summed E-state index contributed by atoms with van der Waals surface area (Å²) in [5, 5.41) is 12.9. The number of methoxy groups -OCH3 is 1. The van der Waals surface area contributed by atoms with Gasteiger partial charge in [-0.05, 0) is 36.8 Å². The molecule has 0 aromatic heterocycles. The summed E-state index contributed by atoms with van der Waals surface area (Å²) in [6.07, 6.45) is 0. The van der Waals surface area contributed by atoms with Crippen LogP contribution in [0.1, 0.15) is 5.56 Å². The molecule has 4 nitrogen and oxygen atoms in total. The van der Waals surface area contributed by atoms with Crippen LogP contribution >= 0.6 is 0 Å². The van der Waals surface area contributed by atoms with E-state index >= 15 is 0 Å². The number of rotatable bonds is 8. The first-order valence-electron chi connectivity index (χ1n) is 7.43. The van der Waals surface area contributed by atoms with E-state index in [9.17, 15) is 5.11 Å². The Bertz CT molecular complexity index is 599. The van der Waals surface area contributed by atoms with Gasteiger partial charge in [0.15, 0.2) is 0 Å². The molecule has 0 amide bonds. The van der Waals surface area contributed by atoms with Gasteiger partial charge in [-0.3, -0.25) is 0 Å². The van der Waals surface area contributed by atoms with Gasteiger partial charge in [0, 0.05) is 25.8 Å². The molecule has 0 spiro atoms. The van der Waals surface area contributed by atoms with E-state index in [2.05, 4.69) is 11.4 Å². The van der Waals surface area contributed by atoms with Gasteiger partial charge in [-0.2, -0.15) is 0 Å². The number of hydrogen-bond donors (Lipinski definition) is 2. The highest BCUT2D eigenvalue weighted by atomic mass is 16.5. The normalized spacial score (nSPS) is 10.6. The number of aryl methyl sites for hydroxylation is 1. The van der Waals surface area contributed by atoms with Gasteiger partial charge in [0.2, 0.25) is 0 Å². The molecule has 118 valence electrons. The van der Waals surface area contributed by atoms with Crippen molar-refractivity contribution in [3.05, 3.63) is 48.0 Å². The number of ether oxygens (including phenoxy) is 2. The van der Waals surface area contributed by atoms with E-state index in [1.165, 1.54) is 0 Å². The maximum absolute atomic E-state index is 9.67. The molecule has 2 aromatic rings. The van der Waals surface area contributed by atoms with Crippen LogP contribution in [0.5, 0.6) is 11.5 Å². The molecule has 2 rings (SSSR count). The van der Waals surface area contributed by atoms with Crippen molar-refractivity contribution in [2.24, 2.45) is 0 Å². The van der Waals surface area contributed by atoms with Crippen molar-refractivity contribution in [3.8, 4) is 22.6 Å². The topological polar surface area (TPSA) is 50.7 Å². The summed E-state index contributed by atoms with van der Waals surface area (Å²) in [7, 11) is 1.69. The molecule has 22 heavy (non-hydrogen) atoms. The Balaban J connectivity index is 2.05. The average molecular weight is 301 g/mol. The smallest absolute Gasteiger partial charge is 0.127 e. The molecule has 0 fully saturated rings. The average Bonchev–Trinajstić information content (AvgIpc) is 2.52. The fourth-order valence-corrected chi connectivity index (χ4v) is 2.20. The lowest BCUT2D eigenvalue weighted by Crippen LogP contribution is -2.24. The van der Waals surface area contributed by atoms with Crippen LogP contribution in [0, 0.1) is 6.92 Å². The van der Waals surface area contributed by atoms with Crippen molar-refractivity contribution in [3.63, 3.8) is 0 Å². The van der Waals surface area contributed by atoms with Crippen LogP contribution in [0.4, 0.5) is 0 Å². The lowest BCUT2D eigenvalue weighted by Gasteiger charge is -2.13. The van der Waals surface area contributed by atoms with Crippen molar-refractivity contribution in [1.29, 1.82) is 0 Å². The summed E-state index contributed by atoms with van der Waals surface area (Å²) < 4.78 is 10.9. The van der Waals surface area contributed by atoms with E-state index in [1.54, 1.807) is 19.2 Å². The zero-order valence-corrected chi connectivity index (χ0v) is 13.1. The summed E-state index contributed by atoms with van der Waals surface area (Å²) >= 11 is 0. The Morgan fingerprint density at radius 1 is 1.05 bits per heavy atom. The SMILES string of the molecule is COCCNCCOc1ccc(C)cc1-c1cccc(O)c1. The first kappa shape index (κ1) is 16.3. The number of hydrogen-bond acceptors (Lipinski definition) is 4. The van der Waals surface area contributed by atoms with Gasteiger partial charge in [-0.1, -0.05) is 23.8 Å². The van der Waals surface area contributed by atoms with Crippen molar-refractivity contribution in [2.75, 3.05) is 33.4 Å². The largest absolute Gasteiger partial charge is 0.508 e. The van der Waals surface area contributed by atoms with Gasteiger partial charge >= 0.3 is 0 Å². The van der Waals surface area contributed by atoms with Crippen molar-refractivity contribution < 1.29 is 14.6 Å². The summed E-state index contributed by atoms with van der Waals surface area (Å²) in [6, 6.07) is 13.3. The molecule has 0 atom stereocenters. The third-order valence-electron chi connectivity index (χ3n) is 3.31. The second kappa shape index (κ2) is 8.41. The molecule has 0 unspecified atom stereocenters. The summed E-state index contributed by atoms with van der Waals surface area (Å²) in [5.41, 5.74) is 3.10. The Labute approximate surface area is 131 Å². The lowest BCUT2D eigenvalue weighted by molar-refractivity contribution is 0.197. The zero-order valence-electron chi connectivity index (χ0n) is 13.1. The minimum Gasteiger partial charge on any atom is -0.508 e. The van der Waals surface area contributed by atoms with E-state index in [4.69, 9.17) is 9.47 Å². The maximum atomic E-state index is 9.67. The molecule has 0 aliphatic rings. The van der Waals surface area contributed by atoms with Gasteiger partial charge in [0.1, 0.15) is 18.1 Å². The van der Waals surface area contributed by atoms with Crippen molar-refractivity contribution in [1.82, 2.24) is 5.32 Å². The molecular formula is C18H23NO3. The maximum Gasteiger partial charge on any atom is 0.127 e. The Morgan fingerprint density at radius 3 is 2.64 bits per heavy atom. The fourth-order valence-electron chi connectivity index (χ4n) is 2.20. The number of nitrogens with one attached hydrogen (secondary N) is 1. The minimum atomic E-state index is 0.256.